The highest BCUT2D eigenvalue weighted by Gasteiger charge is 2.41. The van der Waals surface area contributed by atoms with E-state index in [9.17, 15) is 0 Å². The number of fused-ring (bicyclic) bond motifs is 3. The van der Waals surface area contributed by atoms with Crippen LogP contribution in [0.15, 0.2) is 72.8 Å². The van der Waals surface area contributed by atoms with E-state index in [1.165, 1.54) is 49.7 Å². The van der Waals surface area contributed by atoms with Crippen molar-refractivity contribution in [2.24, 2.45) is 0 Å². The van der Waals surface area contributed by atoms with Crippen LogP contribution in [0.1, 0.15) is 63.5 Å². The third-order valence-electron chi connectivity index (χ3n) is 6.03. The van der Waals surface area contributed by atoms with E-state index in [-0.39, 0.29) is 5.41 Å². The molecule has 0 fully saturated rings. The molecule has 0 atom stereocenters. The quantitative estimate of drug-likeness (QED) is 0.441. The van der Waals surface area contributed by atoms with E-state index >= 15 is 0 Å². The topological polar surface area (TPSA) is 52.0 Å². The Morgan fingerprint density at radius 3 is 1.34 bits per heavy atom. The lowest BCUT2D eigenvalue weighted by atomic mass is 9.71. The van der Waals surface area contributed by atoms with Gasteiger partial charge in [0.05, 0.1) is 0 Å². The number of hydrogen-bond acceptors (Lipinski definition) is 2. The van der Waals surface area contributed by atoms with Gasteiger partial charge in [-0.15, -0.1) is 0 Å². The van der Waals surface area contributed by atoms with Crippen LogP contribution in [0.5, 0.6) is 0 Å². The Bertz CT molecular complexity index is 835. The molecule has 0 aliphatic heterocycles. The molecule has 0 amide bonds. The number of unbranched alkanes of at least 4 members (excludes halogenated alkanes) is 2. The molecular weight excluding hydrogens is 352 g/mol. The van der Waals surface area contributed by atoms with Gasteiger partial charge in [-0.1, -0.05) is 88.1 Å². The van der Waals surface area contributed by atoms with E-state index in [2.05, 4.69) is 62.4 Å². The second-order valence-corrected chi connectivity index (χ2v) is 8.05. The Balaban J connectivity index is 0.000000252. The van der Waals surface area contributed by atoms with Gasteiger partial charge in [0.15, 0.2) is 0 Å². The van der Waals surface area contributed by atoms with E-state index in [0.717, 1.165) is 11.4 Å². The second kappa shape index (κ2) is 9.65. The normalized spacial score (nSPS) is 13.2. The Labute approximate surface area is 176 Å². The van der Waals surface area contributed by atoms with Crippen molar-refractivity contribution in [3.63, 3.8) is 0 Å². The van der Waals surface area contributed by atoms with Gasteiger partial charge in [-0.05, 0) is 59.4 Å². The van der Waals surface area contributed by atoms with Gasteiger partial charge in [-0.3, -0.25) is 0 Å². The van der Waals surface area contributed by atoms with Crippen LogP contribution in [0.4, 0.5) is 11.4 Å². The van der Waals surface area contributed by atoms with Crippen molar-refractivity contribution < 1.29 is 0 Å². The molecule has 29 heavy (non-hydrogen) atoms. The standard InChI is InChI=1S/C21H26.C6H8N2/c1-3-5-15-21(16-6-4-2)19-13-9-7-11-17(19)18-12-8-10-14-20(18)21;7-5-1-2-6(8)4-3-5/h7-14H,3-6,15-16H2,1-2H3;1-4H,7-8H2. The molecule has 0 aromatic heterocycles. The molecule has 0 heterocycles. The maximum atomic E-state index is 5.37. The van der Waals surface area contributed by atoms with Gasteiger partial charge in [0, 0.05) is 16.8 Å². The van der Waals surface area contributed by atoms with E-state index in [0.29, 0.717) is 0 Å². The maximum absolute atomic E-state index is 5.37. The molecule has 0 spiro atoms. The number of benzene rings is 3. The molecule has 4 N–H and O–H groups in total. The average Bonchev–Trinajstić information content (AvgIpc) is 3.04. The summed E-state index contributed by atoms with van der Waals surface area (Å²) in [6.07, 6.45) is 7.75. The zero-order chi connectivity index (χ0) is 20.7. The molecule has 3 aromatic carbocycles. The number of rotatable bonds is 6. The highest BCUT2D eigenvalue weighted by Crippen LogP contribution is 2.53. The molecule has 0 saturated heterocycles. The number of nitrogen functional groups attached to an aromatic ring is 2. The Morgan fingerprint density at radius 1 is 0.586 bits per heavy atom. The summed E-state index contributed by atoms with van der Waals surface area (Å²) in [6.45, 7) is 4.61. The van der Waals surface area contributed by atoms with Gasteiger partial charge in [-0.2, -0.15) is 0 Å². The molecule has 0 saturated carbocycles. The third kappa shape index (κ3) is 4.48. The predicted octanol–water partition coefficient (Wildman–Crippen LogP) is 7.18. The maximum Gasteiger partial charge on any atom is 0.0315 e. The van der Waals surface area contributed by atoms with E-state index < -0.39 is 0 Å². The fraction of sp³-hybridized carbons (Fsp3) is 0.333. The summed E-state index contributed by atoms with van der Waals surface area (Å²) in [5.41, 5.74) is 18.6. The van der Waals surface area contributed by atoms with E-state index in [1.807, 2.05) is 0 Å². The van der Waals surface area contributed by atoms with Gasteiger partial charge in [-0.25, -0.2) is 0 Å². The smallest absolute Gasteiger partial charge is 0.0315 e. The van der Waals surface area contributed by atoms with Crippen LogP contribution < -0.4 is 11.5 Å². The van der Waals surface area contributed by atoms with Gasteiger partial charge < -0.3 is 11.5 Å². The first kappa shape index (κ1) is 21.0. The highest BCUT2D eigenvalue weighted by atomic mass is 14.6. The lowest BCUT2D eigenvalue weighted by Gasteiger charge is -2.32. The van der Waals surface area contributed by atoms with Crippen molar-refractivity contribution in [3.05, 3.63) is 83.9 Å². The van der Waals surface area contributed by atoms with Crippen molar-refractivity contribution in [1.29, 1.82) is 0 Å². The summed E-state index contributed by atoms with van der Waals surface area (Å²) < 4.78 is 0. The molecule has 2 nitrogen and oxygen atoms in total. The predicted molar refractivity (Wildman–Crippen MR) is 127 cm³/mol. The van der Waals surface area contributed by atoms with Gasteiger partial charge in [0.25, 0.3) is 0 Å². The molecule has 3 aromatic rings. The number of nitrogens with two attached hydrogens (primary N) is 2. The van der Waals surface area contributed by atoms with Crippen molar-refractivity contribution in [2.45, 2.75) is 57.8 Å². The first-order valence-electron chi connectivity index (χ1n) is 10.9. The van der Waals surface area contributed by atoms with Crippen LogP contribution in [0.3, 0.4) is 0 Å². The summed E-state index contributed by atoms with van der Waals surface area (Å²) in [6, 6.07) is 25.3. The largest absolute Gasteiger partial charge is 0.399 e. The zero-order valence-electron chi connectivity index (χ0n) is 17.8. The fourth-order valence-corrected chi connectivity index (χ4v) is 4.53. The summed E-state index contributed by atoms with van der Waals surface area (Å²) in [5, 5.41) is 0. The number of anilines is 2. The van der Waals surface area contributed by atoms with Crippen molar-refractivity contribution >= 4 is 11.4 Å². The summed E-state index contributed by atoms with van der Waals surface area (Å²) >= 11 is 0. The highest BCUT2D eigenvalue weighted by molar-refractivity contribution is 5.80. The van der Waals surface area contributed by atoms with E-state index in [1.54, 1.807) is 35.4 Å². The van der Waals surface area contributed by atoms with Crippen molar-refractivity contribution in [3.8, 4) is 11.1 Å². The van der Waals surface area contributed by atoms with Crippen LogP contribution in [0, 0.1) is 0 Å². The van der Waals surface area contributed by atoms with Crippen LogP contribution in [-0.4, -0.2) is 0 Å². The minimum atomic E-state index is 0.263. The molecule has 1 aliphatic rings. The average molecular weight is 387 g/mol. The number of hydrogen-bond donors (Lipinski definition) is 2. The van der Waals surface area contributed by atoms with Gasteiger partial charge in [0.2, 0.25) is 0 Å². The van der Waals surface area contributed by atoms with Gasteiger partial charge >= 0.3 is 0 Å². The monoisotopic (exact) mass is 386 g/mol. The molecule has 4 rings (SSSR count). The molecule has 0 unspecified atom stereocenters. The summed E-state index contributed by atoms with van der Waals surface area (Å²) in [5.74, 6) is 0. The van der Waals surface area contributed by atoms with Crippen LogP contribution >= 0.6 is 0 Å². The molecule has 0 bridgehead atoms. The van der Waals surface area contributed by atoms with Crippen molar-refractivity contribution in [1.82, 2.24) is 0 Å². The molecule has 0 radical (unpaired) electrons. The zero-order valence-corrected chi connectivity index (χ0v) is 17.8. The summed E-state index contributed by atoms with van der Waals surface area (Å²) in [7, 11) is 0. The Hall–Kier alpha value is -2.74. The first-order chi connectivity index (χ1) is 14.1. The van der Waals surface area contributed by atoms with Gasteiger partial charge in [0.1, 0.15) is 0 Å². The fourth-order valence-electron chi connectivity index (χ4n) is 4.53. The minimum absolute atomic E-state index is 0.263. The van der Waals surface area contributed by atoms with Crippen LogP contribution in [-0.2, 0) is 5.41 Å². The lowest BCUT2D eigenvalue weighted by molar-refractivity contribution is 0.414. The molecule has 152 valence electrons. The molecule has 2 heteroatoms. The summed E-state index contributed by atoms with van der Waals surface area (Å²) in [4.78, 5) is 0. The van der Waals surface area contributed by atoms with Crippen molar-refractivity contribution in [2.75, 3.05) is 11.5 Å². The molecular formula is C27H34N2. The Kier molecular flexibility index (Phi) is 6.98. The van der Waals surface area contributed by atoms with Crippen LogP contribution in [0.2, 0.25) is 0 Å². The first-order valence-corrected chi connectivity index (χ1v) is 10.9. The lowest BCUT2D eigenvalue weighted by Crippen LogP contribution is -2.25. The SMILES string of the molecule is CCCCC1(CCCC)c2ccccc2-c2ccccc21.Nc1ccc(N)cc1. The van der Waals surface area contributed by atoms with Crippen LogP contribution in [0.25, 0.3) is 11.1 Å². The minimum Gasteiger partial charge on any atom is -0.399 e. The van der Waals surface area contributed by atoms with E-state index in [4.69, 9.17) is 11.5 Å². The Morgan fingerprint density at radius 2 is 0.966 bits per heavy atom. The third-order valence-corrected chi connectivity index (χ3v) is 6.03. The molecule has 1 aliphatic carbocycles. The second-order valence-electron chi connectivity index (χ2n) is 8.05.